The molecule has 0 spiro atoms. The molecule has 10 rings (SSSR count). The number of aromatic nitrogens is 3. The standard InChI is InChI=1S/C63H66N8O6.HI/c1-5-69(6-2)40-50-16-8-7-15-49(50)39-65-60(73)48-21-13-22-51(37-48)66-61(74)47-20-12-19-46(36-47)59(72)64-32-34-70-41-52(67-68-70)23-14-33-71-55-25-10-9-24-54(55)63(3,4)57(71)31-29-42-17-11-18-45-35-44-28-30-53(38-56(44)77-58(42)45)76-62(75)43-26-27-43;/h7-10,12-13,15-16,19-22,24-25,28-31,35-38,41,43H,5-6,11,14,17-18,23,26-27,32-34,39-40H2,1-4H3,(H2-,64,65,66,72,73,74);1H. The highest BCUT2D eigenvalue weighted by atomic mass is 127. The van der Waals surface area contributed by atoms with Gasteiger partial charge < -0.3 is 49.4 Å². The number of amides is 3. The highest BCUT2D eigenvalue weighted by molar-refractivity contribution is 6.07. The number of hydrogen-bond acceptors (Lipinski definition) is 9. The van der Waals surface area contributed by atoms with Gasteiger partial charge >= 0.3 is 5.97 Å². The summed E-state index contributed by atoms with van der Waals surface area (Å²) in [5.41, 5.74) is 11.4. The van der Waals surface area contributed by atoms with Gasteiger partial charge in [0.2, 0.25) is 5.69 Å². The van der Waals surface area contributed by atoms with Gasteiger partial charge in [0.15, 0.2) is 5.71 Å². The van der Waals surface area contributed by atoms with Gasteiger partial charge in [-0.05, 0) is 148 Å². The minimum atomic E-state index is -0.402. The minimum Gasteiger partial charge on any atom is -1.00 e. The fourth-order valence-electron chi connectivity index (χ4n) is 10.5. The van der Waals surface area contributed by atoms with E-state index >= 15 is 0 Å². The Morgan fingerprint density at radius 2 is 1.55 bits per heavy atom. The number of esters is 1. The van der Waals surface area contributed by atoms with Gasteiger partial charge in [-0.2, -0.15) is 4.58 Å². The molecule has 14 nitrogen and oxygen atoms in total. The van der Waals surface area contributed by atoms with Gasteiger partial charge in [-0.15, -0.1) is 5.10 Å². The molecule has 3 heterocycles. The summed E-state index contributed by atoms with van der Waals surface area (Å²) in [6, 6.07) is 35.8. The quantitative estimate of drug-likeness (QED) is 0.0287. The monoisotopic (exact) mass is 1160 g/mol. The molecule has 1 aromatic heterocycles. The minimum absolute atomic E-state index is 0. The van der Waals surface area contributed by atoms with Crippen molar-refractivity contribution in [1.29, 1.82) is 0 Å². The first-order chi connectivity index (χ1) is 37.4. The van der Waals surface area contributed by atoms with Crippen LogP contribution in [0.4, 0.5) is 11.4 Å². The summed E-state index contributed by atoms with van der Waals surface area (Å²) >= 11 is 0. The van der Waals surface area contributed by atoms with Crippen molar-refractivity contribution in [1.82, 2.24) is 30.5 Å². The number of ether oxygens (including phenoxy) is 2. The molecule has 0 unspecified atom stereocenters. The average molecular weight is 1160 g/mol. The van der Waals surface area contributed by atoms with E-state index in [9.17, 15) is 19.2 Å². The number of fused-ring (bicyclic) bond motifs is 3. The Balaban J connectivity index is 0.00000740. The Labute approximate surface area is 473 Å². The van der Waals surface area contributed by atoms with Crippen LogP contribution in [0.3, 0.4) is 0 Å². The topological polar surface area (TPSA) is 160 Å². The molecular formula is C63H67IN8O6. The molecule has 0 bridgehead atoms. The summed E-state index contributed by atoms with van der Waals surface area (Å²) in [5, 5.41) is 17.7. The number of anilines is 1. The smallest absolute Gasteiger partial charge is 0.314 e. The zero-order valence-corrected chi connectivity index (χ0v) is 47.0. The average Bonchev–Trinajstić information content (AvgIpc) is 4.36. The molecule has 0 atom stereocenters. The van der Waals surface area contributed by atoms with Gasteiger partial charge in [0.05, 0.1) is 23.6 Å². The second-order valence-electron chi connectivity index (χ2n) is 20.7. The molecule has 1 saturated carbocycles. The molecule has 402 valence electrons. The first-order valence-electron chi connectivity index (χ1n) is 27.1. The Morgan fingerprint density at radius 1 is 0.821 bits per heavy atom. The van der Waals surface area contributed by atoms with Crippen LogP contribution in [-0.2, 0) is 36.3 Å². The van der Waals surface area contributed by atoms with Crippen LogP contribution < -0.4 is 49.4 Å². The van der Waals surface area contributed by atoms with Crippen molar-refractivity contribution in [2.75, 3.05) is 31.5 Å². The van der Waals surface area contributed by atoms with Crippen LogP contribution in [0.2, 0.25) is 0 Å². The fourth-order valence-corrected chi connectivity index (χ4v) is 10.5. The van der Waals surface area contributed by atoms with Crippen LogP contribution in [-0.4, -0.2) is 80.1 Å². The van der Waals surface area contributed by atoms with E-state index in [1.54, 1.807) is 53.2 Å². The summed E-state index contributed by atoms with van der Waals surface area (Å²) in [6.45, 7) is 13.4. The Hall–Kier alpha value is -7.50. The van der Waals surface area contributed by atoms with Gasteiger partial charge in [0, 0.05) is 84.0 Å². The molecule has 4 aliphatic rings. The molecule has 3 amide bonds. The fraction of sp³-hybridized carbons (Fsp3) is 0.317. The lowest BCUT2D eigenvalue weighted by Gasteiger charge is -2.26. The zero-order valence-electron chi connectivity index (χ0n) is 44.8. The van der Waals surface area contributed by atoms with Crippen LogP contribution in [0, 0.1) is 5.92 Å². The molecule has 15 heteroatoms. The number of nitrogens with zero attached hydrogens (tertiary/aromatic N) is 5. The second-order valence-corrected chi connectivity index (χ2v) is 20.7. The largest absolute Gasteiger partial charge is 1.00 e. The summed E-state index contributed by atoms with van der Waals surface area (Å²) in [6.07, 6.45) is 14.9. The third kappa shape index (κ3) is 12.9. The number of para-hydroxylation sites is 1. The summed E-state index contributed by atoms with van der Waals surface area (Å²) in [5.74, 6) is 0.998. The number of nitrogens with one attached hydrogen (secondary N) is 3. The van der Waals surface area contributed by atoms with Gasteiger partial charge in [-0.1, -0.05) is 73.7 Å². The van der Waals surface area contributed by atoms with E-state index in [0.717, 1.165) is 99.3 Å². The number of hydrogen-bond donors (Lipinski definition) is 3. The van der Waals surface area contributed by atoms with Gasteiger partial charge in [0.1, 0.15) is 23.8 Å². The summed E-state index contributed by atoms with van der Waals surface area (Å²) in [7, 11) is 0. The third-order valence-corrected chi connectivity index (χ3v) is 15.0. The Morgan fingerprint density at radius 3 is 2.35 bits per heavy atom. The van der Waals surface area contributed by atoms with Crippen molar-refractivity contribution >= 4 is 46.9 Å². The number of rotatable bonds is 21. The number of carbonyl (C=O) groups is 4. The predicted octanol–water partition coefficient (Wildman–Crippen LogP) is 7.53. The first-order valence-corrected chi connectivity index (χ1v) is 27.1. The molecule has 6 aromatic rings. The Bertz CT molecular complexity index is 3360. The number of carbonyl (C=O) groups excluding carboxylic acids is 4. The third-order valence-electron chi connectivity index (χ3n) is 15.0. The van der Waals surface area contributed by atoms with Gasteiger partial charge in [-0.3, -0.25) is 28.8 Å². The molecule has 3 N–H and O–H groups in total. The van der Waals surface area contributed by atoms with Crippen LogP contribution >= 0.6 is 0 Å². The predicted molar refractivity (Wildman–Crippen MR) is 298 cm³/mol. The van der Waals surface area contributed by atoms with Gasteiger partial charge in [0.25, 0.3) is 17.7 Å². The molecule has 0 saturated heterocycles. The number of benzene rings is 5. The zero-order chi connectivity index (χ0) is 53.5. The SMILES string of the molecule is CCN(CC)Cc1ccccc1CNC(=O)c1cccc(NC(=O)c2cccc(C(=O)NCCn3cc(CCC[N+]4=C(C=CC5=C6Oc7cc(OC(=O)C8CC8)ccc7C=C6CCC5)C(C)(C)c5ccccc54)nn3)c2)c1.[I-]. The van der Waals surface area contributed by atoms with Crippen molar-refractivity contribution in [3.8, 4) is 11.5 Å². The van der Waals surface area contributed by atoms with Gasteiger partial charge in [-0.25, -0.2) is 0 Å². The van der Waals surface area contributed by atoms with Crippen molar-refractivity contribution in [2.45, 2.75) is 97.7 Å². The molecule has 5 aromatic carbocycles. The highest BCUT2D eigenvalue weighted by Gasteiger charge is 2.44. The molecule has 0 radical (unpaired) electrons. The molecule has 1 fully saturated rings. The molecule has 2 aliphatic heterocycles. The van der Waals surface area contributed by atoms with E-state index in [0.29, 0.717) is 53.5 Å². The molecule has 2 aliphatic carbocycles. The Kier molecular flexibility index (Phi) is 17.6. The lowest BCUT2D eigenvalue weighted by atomic mass is 9.81. The summed E-state index contributed by atoms with van der Waals surface area (Å²) in [4.78, 5) is 54.7. The van der Waals surface area contributed by atoms with E-state index in [4.69, 9.17) is 9.47 Å². The van der Waals surface area contributed by atoms with Crippen LogP contribution in [0.5, 0.6) is 11.5 Å². The van der Waals surface area contributed by atoms with Crippen molar-refractivity contribution < 1.29 is 57.2 Å². The maximum Gasteiger partial charge on any atom is 0.314 e. The van der Waals surface area contributed by atoms with E-state index in [2.05, 4.69) is 112 Å². The second kappa shape index (κ2) is 24.9. The van der Waals surface area contributed by atoms with Crippen LogP contribution in [0.1, 0.15) is 125 Å². The van der Waals surface area contributed by atoms with E-state index < -0.39 is 5.91 Å². The van der Waals surface area contributed by atoms with Crippen LogP contribution in [0.25, 0.3) is 6.08 Å². The van der Waals surface area contributed by atoms with E-state index in [1.807, 2.05) is 42.6 Å². The summed E-state index contributed by atoms with van der Waals surface area (Å²) < 4.78 is 16.5. The first kappa shape index (κ1) is 55.3. The number of allylic oxidation sites excluding steroid dienone is 4. The highest BCUT2D eigenvalue weighted by Crippen LogP contribution is 2.43. The van der Waals surface area contributed by atoms with Crippen molar-refractivity contribution in [3.05, 3.63) is 195 Å². The van der Waals surface area contributed by atoms with E-state index in [1.165, 1.54) is 28.1 Å². The van der Waals surface area contributed by atoms with Crippen LogP contribution in [0.15, 0.2) is 151 Å². The molecule has 78 heavy (non-hydrogen) atoms. The molecular weight excluding hydrogens is 1090 g/mol. The number of aryl methyl sites for hydroxylation is 1. The lowest BCUT2D eigenvalue weighted by Crippen LogP contribution is -3.00. The van der Waals surface area contributed by atoms with Crippen molar-refractivity contribution in [2.24, 2.45) is 5.92 Å². The van der Waals surface area contributed by atoms with E-state index in [-0.39, 0.29) is 53.1 Å². The lowest BCUT2D eigenvalue weighted by molar-refractivity contribution is -0.438. The maximum atomic E-state index is 13.4. The maximum absolute atomic E-state index is 13.4. The normalized spacial score (nSPS) is 15.2. The van der Waals surface area contributed by atoms with Crippen molar-refractivity contribution in [3.63, 3.8) is 0 Å². The number of halogens is 1.